The summed E-state index contributed by atoms with van der Waals surface area (Å²) >= 11 is 1.50. The van der Waals surface area contributed by atoms with E-state index in [0.29, 0.717) is 22.2 Å². The van der Waals surface area contributed by atoms with Gasteiger partial charge in [-0.1, -0.05) is 24.3 Å². The molecule has 2 aromatic heterocycles. The Balaban J connectivity index is 1.92. The van der Waals surface area contributed by atoms with Crippen LogP contribution < -0.4 is 11.1 Å². The van der Waals surface area contributed by atoms with Gasteiger partial charge in [-0.3, -0.25) is 10.1 Å². The van der Waals surface area contributed by atoms with E-state index in [2.05, 4.69) is 4.98 Å². The number of nitrogens with zero attached hydrogens (tertiary/aromatic N) is 1. The number of amides is 3. The molecular formula is C17H13N3O4S. The number of hydrogen-bond donors (Lipinski definition) is 2. The number of esters is 1. The van der Waals surface area contributed by atoms with Gasteiger partial charge in [0.05, 0.1) is 21.7 Å². The largest absolute Gasteiger partial charge is 0.452 e. The first kappa shape index (κ1) is 16.6. The number of carbonyl (C=O) groups excluding carboxylic acids is 3. The predicted molar refractivity (Wildman–Crippen MR) is 93.1 cm³/mol. The summed E-state index contributed by atoms with van der Waals surface area (Å²) in [7, 11) is 0. The van der Waals surface area contributed by atoms with E-state index in [1.165, 1.54) is 11.3 Å². The molecule has 3 rings (SSSR count). The fraction of sp³-hybridized carbons (Fsp3) is 0.0588. The lowest BCUT2D eigenvalue weighted by Crippen LogP contribution is -2.37. The topological polar surface area (TPSA) is 111 Å². The van der Waals surface area contributed by atoms with Gasteiger partial charge >= 0.3 is 12.0 Å². The molecule has 8 heteroatoms. The second-order valence-corrected chi connectivity index (χ2v) is 5.99. The van der Waals surface area contributed by atoms with Crippen molar-refractivity contribution in [3.05, 3.63) is 53.4 Å². The van der Waals surface area contributed by atoms with Gasteiger partial charge in [0.25, 0.3) is 5.91 Å². The van der Waals surface area contributed by atoms with Crippen molar-refractivity contribution in [3.63, 3.8) is 0 Å². The number of para-hydroxylation sites is 1. The normalized spacial score (nSPS) is 10.4. The van der Waals surface area contributed by atoms with Crippen LogP contribution in [-0.2, 0) is 9.53 Å². The Hall–Kier alpha value is -3.26. The van der Waals surface area contributed by atoms with E-state index in [0.717, 1.165) is 4.88 Å². The number of carbonyl (C=O) groups is 3. The van der Waals surface area contributed by atoms with E-state index in [1.54, 1.807) is 24.3 Å². The first-order chi connectivity index (χ1) is 12.0. The fourth-order valence-corrected chi connectivity index (χ4v) is 2.96. The Kier molecular flexibility index (Phi) is 4.71. The zero-order chi connectivity index (χ0) is 17.8. The number of imide groups is 1. The number of aromatic nitrogens is 1. The third kappa shape index (κ3) is 3.81. The van der Waals surface area contributed by atoms with Gasteiger partial charge in [0.2, 0.25) is 0 Å². The number of ether oxygens (including phenoxy) is 1. The standard InChI is InChI=1S/C17H13N3O4S/c18-17(23)20-15(21)9-24-16(22)11-8-13(14-6-3-7-25-14)19-12-5-2-1-4-10(11)12/h1-8H,9H2,(H3,18,20,21,23). The molecule has 1 aromatic carbocycles. The highest BCUT2D eigenvalue weighted by Crippen LogP contribution is 2.28. The summed E-state index contributed by atoms with van der Waals surface area (Å²) < 4.78 is 4.99. The maximum absolute atomic E-state index is 12.4. The van der Waals surface area contributed by atoms with Gasteiger partial charge in [0.15, 0.2) is 6.61 Å². The molecule has 0 aliphatic carbocycles. The number of benzene rings is 1. The molecule has 0 fully saturated rings. The number of nitrogens with two attached hydrogens (primary N) is 1. The highest BCUT2D eigenvalue weighted by molar-refractivity contribution is 7.13. The number of nitrogens with one attached hydrogen (secondary N) is 1. The summed E-state index contributed by atoms with van der Waals surface area (Å²) in [5.74, 6) is -1.48. The van der Waals surface area contributed by atoms with Crippen LogP contribution in [0.15, 0.2) is 47.8 Å². The summed E-state index contributed by atoms with van der Waals surface area (Å²) in [4.78, 5) is 39.9. The molecule has 0 spiro atoms. The van der Waals surface area contributed by atoms with Crippen molar-refractivity contribution >= 4 is 40.1 Å². The maximum Gasteiger partial charge on any atom is 0.339 e. The van der Waals surface area contributed by atoms with Gasteiger partial charge < -0.3 is 10.5 Å². The SMILES string of the molecule is NC(=O)NC(=O)COC(=O)c1cc(-c2cccs2)nc2ccccc12. The molecule has 3 N–H and O–H groups in total. The zero-order valence-electron chi connectivity index (χ0n) is 12.9. The number of thiophene rings is 1. The molecule has 0 saturated carbocycles. The molecule has 0 saturated heterocycles. The lowest BCUT2D eigenvalue weighted by atomic mass is 10.1. The van der Waals surface area contributed by atoms with E-state index < -0.39 is 24.5 Å². The minimum Gasteiger partial charge on any atom is -0.452 e. The van der Waals surface area contributed by atoms with Crippen LogP contribution in [0.25, 0.3) is 21.5 Å². The van der Waals surface area contributed by atoms with Gasteiger partial charge in [-0.15, -0.1) is 11.3 Å². The summed E-state index contributed by atoms with van der Waals surface area (Å²) in [6, 6.07) is 11.6. The third-order valence-electron chi connectivity index (χ3n) is 3.31. The van der Waals surface area contributed by atoms with Gasteiger partial charge in [-0.05, 0) is 23.6 Å². The number of urea groups is 1. The minimum absolute atomic E-state index is 0.292. The van der Waals surface area contributed by atoms with Crippen molar-refractivity contribution < 1.29 is 19.1 Å². The molecule has 0 atom stereocenters. The van der Waals surface area contributed by atoms with E-state index in [1.807, 2.05) is 28.9 Å². The highest BCUT2D eigenvalue weighted by Gasteiger charge is 2.17. The number of pyridine rings is 1. The van der Waals surface area contributed by atoms with Crippen molar-refractivity contribution in [2.75, 3.05) is 6.61 Å². The van der Waals surface area contributed by atoms with Crippen LogP contribution in [0.1, 0.15) is 10.4 Å². The van der Waals surface area contributed by atoms with Gasteiger partial charge in [-0.25, -0.2) is 14.6 Å². The van der Waals surface area contributed by atoms with Crippen molar-refractivity contribution in [1.82, 2.24) is 10.3 Å². The number of rotatable bonds is 4. The average Bonchev–Trinajstić information content (AvgIpc) is 3.12. The van der Waals surface area contributed by atoms with Crippen LogP contribution in [-0.4, -0.2) is 29.5 Å². The number of primary amides is 1. The van der Waals surface area contributed by atoms with Gasteiger partial charge in [0.1, 0.15) is 0 Å². The lowest BCUT2D eigenvalue weighted by Gasteiger charge is -2.09. The van der Waals surface area contributed by atoms with Crippen LogP contribution in [0, 0.1) is 0 Å². The Morgan fingerprint density at radius 1 is 1.16 bits per heavy atom. The fourth-order valence-electron chi connectivity index (χ4n) is 2.28. The Labute approximate surface area is 146 Å². The molecule has 0 unspecified atom stereocenters. The summed E-state index contributed by atoms with van der Waals surface area (Å²) in [5, 5.41) is 4.36. The van der Waals surface area contributed by atoms with Crippen molar-refractivity contribution in [2.24, 2.45) is 5.73 Å². The van der Waals surface area contributed by atoms with Crippen LogP contribution >= 0.6 is 11.3 Å². The summed E-state index contributed by atoms with van der Waals surface area (Å²) in [5.41, 5.74) is 6.41. The van der Waals surface area contributed by atoms with Crippen LogP contribution in [0.4, 0.5) is 4.79 Å². The Morgan fingerprint density at radius 2 is 1.96 bits per heavy atom. The highest BCUT2D eigenvalue weighted by atomic mass is 32.1. The second-order valence-electron chi connectivity index (χ2n) is 5.04. The smallest absolute Gasteiger partial charge is 0.339 e. The number of hydrogen-bond acceptors (Lipinski definition) is 6. The molecule has 0 aliphatic rings. The quantitative estimate of drug-likeness (QED) is 0.698. The van der Waals surface area contributed by atoms with Crippen molar-refractivity contribution in [3.8, 4) is 10.6 Å². The molecule has 0 bridgehead atoms. The van der Waals surface area contributed by atoms with E-state index in [4.69, 9.17) is 10.5 Å². The first-order valence-electron chi connectivity index (χ1n) is 7.24. The Bertz CT molecular complexity index is 954. The molecule has 25 heavy (non-hydrogen) atoms. The zero-order valence-corrected chi connectivity index (χ0v) is 13.7. The average molecular weight is 355 g/mol. The molecule has 126 valence electrons. The summed E-state index contributed by atoms with van der Waals surface area (Å²) in [6.45, 7) is -0.604. The van der Waals surface area contributed by atoms with E-state index >= 15 is 0 Å². The molecule has 2 heterocycles. The molecule has 3 aromatic rings. The molecule has 0 radical (unpaired) electrons. The van der Waals surface area contributed by atoms with Crippen molar-refractivity contribution in [1.29, 1.82) is 0 Å². The molecule has 3 amide bonds. The van der Waals surface area contributed by atoms with Gasteiger partial charge in [0, 0.05) is 5.39 Å². The van der Waals surface area contributed by atoms with Crippen molar-refractivity contribution in [2.45, 2.75) is 0 Å². The summed E-state index contributed by atoms with van der Waals surface area (Å²) in [6.07, 6.45) is 0. The van der Waals surface area contributed by atoms with Crippen LogP contribution in [0.2, 0.25) is 0 Å². The second kappa shape index (κ2) is 7.10. The molecule has 0 aliphatic heterocycles. The predicted octanol–water partition coefficient (Wildman–Crippen LogP) is 2.32. The van der Waals surface area contributed by atoms with E-state index in [9.17, 15) is 14.4 Å². The lowest BCUT2D eigenvalue weighted by molar-refractivity contribution is -0.123. The van der Waals surface area contributed by atoms with E-state index in [-0.39, 0.29) is 0 Å². The van der Waals surface area contributed by atoms with Gasteiger partial charge in [-0.2, -0.15) is 0 Å². The third-order valence-corrected chi connectivity index (χ3v) is 4.20. The van der Waals surface area contributed by atoms with Crippen LogP contribution in [0.3, 0.4) is 0 Å². The first-order valence-corrected chi connectivity index (χ1v) is 8.12. The monoisotopic (exact) mass is 355 g/mol. The Morgan fingerprint density at radius 3 is 2.68 bits per heavy atom. The number of fused-ring (bicyclic) bond motifs is 1. The molecular weight excluding hydrogens is 342 g/mol. The maximum atomic E-state index is 12.4. The minimum atomic E-state index is -1.00. The molecule has 7 nitrogen and oxygen atoms in total. The van der Waals surface area contributed by atoms with Crippen LogP contribution in [0.5, 0.6) is 0 Å².